The molecular formula is C18H12F7N3O3. The van der Waals surface area contributed by atoms with E-state index >= 15 is 0 Å². The van der Waals surface area contributed by atoms with E-state index in [1.54, 1.807) is 6.92 Å². The molecule has 1 atom stereocenters. The maximum atomic E-state index is 14.0. The minimum Gasteiger partial charge on any atom is -0.464 e. The standard InChI is InChI=1S/C18H12F7N3O3/c1-3-30-17(29)7(2)28-10-5-4-8(6-9(10)26-27-28)31-16-14(21)12(19)11(18(23,24)25)13(20)15(16)22/h4-7H,3H2,1-2H3. The van der Waals surface area contributed by atoms with Crippen LogP contribution in [0.1, 0.15) is 25.5 Å². The van der Waals surface area contributed by atoms with Gasteiger partial charge in [-0.3, -0.25) is 0 Å². The number of benzene rings is 2. The van der Waals surface area contributed by atoms with Gasteiger partial charge in [-0.15, -0.1) is 5.10 Å². The Morgan fingerprint density at radius 1 is 1.10 bits per heavy atom. The summed E-state index contributed by atoms with van der Waals surface area (Å²) >= 11 is 0. The number of hydrogen-bond acceptors (Lipinski definition) is 5. The summed E-state index contributed by atoms with van der Waals surface area (Å²) in [6.07, 6.45) is -5.67. The van der Waals surface area contributed by atoms with Crippen LogP contribution in [-0.4, -0.2) is 27.6 Å². The van der Waals surface area contributed by atoms with Crippen LogP contribution in [0.25, 0.3) is 11.0 Å². The number of rotatable bonds is 5. The molecule has 0 amide bonds. The Morgan fingerprint density at radius 2 is 1.71 bits per heavy atom. The molecule has 6 nitrogen and oxygen atoms in total. The zero-order chi connectivity index (χ0) is 23.1. The number of carbonyl (C=O) groups is 1. The van der Waals surface area contributed by atoms with Crippen molar-refractivity contribution in [2.24, 2.45) is 0 Å². The second-order valence-electron chi connectivity index (χ2n) is 6.17. The average Bonchev–Trinajstić information content (AvgIpc) is 3.11. The quantitative estimate of drug-likeness (QED) is 0.313. The lowest BCUT2D eigenvalue weighted by molar-refractivity contribution is -0.147. The van der Waals surface area contributed by atoms with Crippen molar-refractivity contribution >= 4 is 17.0 Å². The van der Waals surface area contributed by atoms with E-state index in [0.717, 1.165) is 12.1 Å². The number of alkyl halides is 3. The molecule has 1 aromatic heterocycles. The lowest BCUT2D eigenvalue weighted by atomic mass is 10.1. The SMILES string of the molecule is CCOC(=O)C(C)n1nnc2cc(Oc3c(F)c(F)c(C(F)(F)F)c(F)c3F)ccc21. The van der Waals surface area contributed by atoms with Crippen molar-refractivity contribution in [3.05, 3.63) is 47.0 Å². The molecule has 0 aliphatic rings. The summed E-state index contributed by atoms with van der Waals surface area (Å²) in [5, 5.41) is 7.52. The number of fused-ring (bicyclic) bond motifs is 1. The Labute approximate surface area is 169 Å². The number of aromatic nitrogens is 3. The van der Waals surface area contributed by atoms with E-state index in [1.165, 1.54) is 17.7 Å². The normalized spacial score (nSPS) is 12.8. The Hall–Kier alpha value is -3.38. The molecule has 0 saturated carbocycles. The fourth-order valence-electron chi connectivity index (χ4n) is 2.70. The number of ether oxygens (including phenoxy) is 2. The summed E-state index contributed by atoms with van der Waals surface area (Å²) in [7, 11) is 0. The Balaban J connectivity index is 1.99. The molecule has 0 spiro atoms. The van der Waals surface area contributed by atoms with Gasteiger partial charge in [0.2, 0.25) is 17.4 Å². The van der Waals surface area contributed by atoms with Crippen molar-refractivity contribution in [2.75, 3.05) is 6.61 Å². The Morgan fingerprint density at radius 3 is 2.26 bits per heavy atom. The maximum absolute atomic E-state index is 14.0. The van der Waals surface area contributed by atoms with E-state index < -0.39 is 58.5 Å². The maximum Gasteiger partial charge on any atom is 0.422 e. The molecule has 0 fully saturated rings. The van der Waals surface area contributed by atoms with Crippen LogP contribution in [0.3, 0.4) is 0 Å². The summed E-state index contributed by atoms with van der Waals surface area (Å²) in [5.41, 5.74) is -2.37. The number of carbonyl (C=O) groups excluding carboxylic acids is 1. The molecule has 0 radical (unpaired) electrons. The summed E-state index contributed by atoms with van der Waals surface area (Å²) < 4.78 is 104. The predicted molar refractivity (Wildman–Crippen MR) is 90.2 cm³/mol. The molecular weight excluding hydrogens is 439 g/mol. The first-order valence-corrected chi connectivity index (χ1v) is 8.59. The van der Waals surface area contributed by atoms with E-state index in [-0.39, 0.29) is 17.6 Å². The summed E-state index contributed by atoms with van der Waals surface area (Å²) in [5.74, 6) is -12.7. The van der Waals surface area contributed by atoms with Crippen molar-refractivity contribution in [2.45, 2.75) is 26.1 Å². The zero-order valence-electron chi connectivity index (χ0n) is 15.7. The van der Waals surface area contributed by atoms with Crippen molar-refractivity contribution < 1.29 is 45.0 Å². The smallest absolute Gasteiger partial charge is 0.422 e. The zero-order valence-corrected chi connectivity index (χ0v) is 15.7. The lowest BCUT2D eigenvalue weighted by Gasteiger charge is -2.14. The van der Waals surface area contributed by atoms with Gasteiger partial charge in [0.25, 0.3) is 0 Å². The highest BCUT2D eigenvalue weighted by atomic mass is 19.4. The van der Waals surface area contributed by atoms with Crippen LogP contribution in [0, 0.1) is 23.3 Å². The van der Waals surface area contributed by atoms with Crippen molar-refractivity contribution in [3.8, 4) is 11.5 Å². The highest BCUT2D eigenvalue weighted by Gasteiger charge is 2.43. The lowest BCUT2D eigenvalue weighted by Crippen LogP contribution is -2.20. The van der Waals surface area contributed by atoms with Gasteiger partial charge in [0.15, 0.2) is 11.6 Å². The van der Waals surface area contributed by atoms with Crippen LogP contribution < -0.4 is 4.74 Å². The number of halogens is 7. The molecule has 2 aromatic carbocycles. The van der Waals surface area contributed by atoms with Gasteiger partial charge in [0, 0.05) is 6.07 Å². The van der Waals surface area contributed by atoms with Gasteiger partial charge < -0.3 is 9.47 Å². The van der Waals surface area contributed by atoms with Gasteiger partial charge in [-0.2, -0.15) is 22.0 Å². The first-order valence-electron chi connectivity index (χ1n) is 8.59. The monoisotopic (exact) mass is 451 g/mol. The van der Waals surface area contributed by atoms with Gasteiger partial charge in [-0.1, -0.05) is 5.21 Å². The molecule has 0 N–H and O–H groups in total. The molecule has 0 bridgehead atoms. The molecule has 13 heteroatoms. The fraction of sp³-hybridized carbons (Fsp3) is 0.278. The number of esters is 1. The first-order chi connectivity index (χ1) is 14.5. The van der Waals surface area contributed by atoms with Gasteiger partial charge in [-0.25, -0.2) is 18.3 Å². The minimum atomic E-state index is -5.67. The first kappa shape index (κ1) is 22.3. The third-order valence-electron chi connectivity index (χ3n) is 4.16. The summed E-state index contributed by atoms with van der Waals surface area (Å²) in [4.78, 5) is 11.9. The van der Waals surface area contributed by atoms with Crippen LogP contribution >= 0.6 is 0 Å². The van der Waals surface area contributed by atoms with Crippen LogP contribution in [0.5, 0.6) is 11.5 Å². The molecule has 1 unspecified atom stereocenters. The molecule has 3 rings (SSSR count). The fourth-order valence-corrected chi connectivity index (χ4v) is 2.70. The van der Waals surface area contributed by atoms with Gasteiger partial charge >= 0.3 is 12.1 Å². The molecule has 166 valence electrons. The highest BCUT2D eigenvalue weighted by molar-refractivity contribution is 5.80. The summed E-state index contributed by atoms with van der Waals surface area (Å²) in [6.45, 7) is 3.22. The van der Waals surface area contributed by atoms with Crippen LogP contribution in [-0.2, 0) is 15.7 Å². The van der Waals surface area contributed by atoms with Gasteiger partial charge in [-0.05, 0) is 26.0 Å². The molecule has 3 aromatic rings. The largest absolute Gasteiger partial charge is 0.464 e. The average molecular weight is 451 g/mol. The molecule has 31 heavy (non-hydrogen) atoms. The molecule has 0 aliphatic carbocycles. The van der Waals surface area contributed by atoms with Gasteiger partial charge in [0.1, 0.15) is 22.9 Å². The van der Waals surface area contributed by atoms with E-state index in [9.17, 15) is 35.5 Å². The van der Waals surface area contributed by atoms with E-state index in [4.69, 9.17) is 9.47 Å². The third kappa shape index (κ3) is 3.99. The van der Waals surface area contributed by atoms with Gasteiger partial charge in [0.05, 0.1) is 12.1 Å². The highest BCUT2D eigenvalue weighted by Crippen LogP contribution is 2.40. The second-order valence-corrected chi connectivity index (χ2v) is 6.17. The topological polar surface area (TPSA) is 66.2 Å². The molecule has 1 heterocycles. The molecule has 0 aliphatic heterocycles. The van der Waals surface area contributed by atoms with Crippen molar-refractivity contribution in [1.29, 1.82) is 0 Å². The predicted octanol–water partition coefficient (Wildman–Crippen LogP) is 4.92. The van der Waals surface area contributed by atoms with E-state index in [2.05, 4.69) is 10.3 Å². The van der Waals surface area contributed by atoms with Crippen molar-refractivity contribution in [3.63, 3.8) is 0 Å². The third-order valence-corrected chi connectivity index (χ3v) is 4.16. The second kappa shape index (κ2) is 8.04. The Bertz CT molecular complexity index is 1130. The Kier molecular flexibility index (Phi) is 5.79. The molecule has 0 saturated heterocycles. The van der Waals surface area contributed by atoms with Crippen LogP contribution in [0.4, 0.5) is 30.7 Å². The summed E-state index contributed by atoms with van der Waals surface area (Å²) in [6, 6.07) is 2.55. The van der Waals surface area contributed by atoms with Crippen molar-refractivity contribution in [1.82, 2.24) is 15.0 Å². The van der Waals surface area contributed by atoms with E-state index in [1.807, 2.05) is 0 Å². The van der Waals surface area contributed by atoms with E-state index in [0.29, 0.717) is 0 Å². The number of nitrogens with zero attached hydrogens (tertiary/aromatic N) is 3. The minimum absolute atomic E-state index is 0.0577. The van der Waals surface area contributed by atoms with Crippen LogP contribution in [0.2, 0.25) is 0 Å². The number of hydrogen-bond donors (Lipinski definition) is 0. The van der Waals surface area contributed by atoms with Crippen LogP contribution in [0.15, 0.2) is 18.2 Å².